The van der Waals surface area contributed by atoms with Gasteiger partial charge in [0.2, 0.25) is 5.91 Å². The molecule has 1 aliphatic rings. The first kappa shape index (κ1) is 26.6. The highest BCUT2D eigenvalue weighted by Crippen LogP contribution is 2.33. The number of benzodiazepines with no additional fused rings is 1. The topological polar surface area (TPSA) is 114 Å². The number of anilines is 1. The Bertz CT molecular complexity index is 1450. The van der Waals surface area contributed by atoms with E-state index >= 15 is 0 Å². The van der Waals surface area contributed by atoms with E-state index in [0.29, 0.717) is 22.0 Å². The zero-order valence-electron chi connectivity index (χ0n) is 20.8. The number of carbonyl (C=O) groups excluding carboxylic acids is 2. The lowest BCUT2D eigenvalue weighted by Gasteiger charge is -2.27. The molecule has 194 valence electrons. The van der Waals surface area contributed by atoms with E-state index < -0.39 is 22.0 Å². The Hall–Kier alpha value is -3.50. The minimum atomic E-state index is -4.13. The quantitative estimate of drug-likeness (QED) is 0.468. The molecule has 0 spiro atoms. The van der Waals surface area contributed by atoms with Crippen molar-refractivity contribution in [2.45, 2.75) is 37.8 Å². The van der Waals surface area contributed by atoms with Crippen molar-refractivity contribution in [3.05, 3.63) is 77.2 Å². The molecule has 0 radical (unpaired) electrons. The van der Waals surface area contributed by atoms with Gasteiger partial charge in [-0.1, -0.05) is 62.2 Å². The number of halogens is 1. The molecule has 3 aromatic rings. The van der Waals surface area contributed by atoms with Crippen LogP contribution in [0.15, 0.2) is 71.1 Å². The lowest BCUT2D eigenvalue weighted by atomic mass is 9.98. The number of sulfonamides is 1. The number of hydrogen-bond donors (Lipinski definition) is 1. The van der Waals surface area contributed by atoms with E-state index in [1.165, 1.54) is 22.0 Å². The average molecular weight is 542 g/mol. The fourth-order valence-corrected chi connectivity index (χ4v) is 5.29. The van der Waals surface area contributed by atoms with Gasteiger partial charge in [0, 0.05) is 42.4 Å². The van der Waals surface area contributed by atoms with Gasteiger partial charge in [-0.15, -0.1) is 0 Å². The van der Waals surface area contributed by atoms with Crippen LogP contribution in [-0.4, -0.2) is 48.1 Å². The number of hydrogen-bond acceptors (Lipinski definition) is 6. The Kier molecular flexibility index (Phi) is 7.79. The fraction of sp³-hybridized carbons (Fsp3) is 0.308. The number of fused-ring (bicyclic) bond motifs is 1. The highest BCUT2D eigenvalue weighted by atomic mass is 35.5. The van der Waals surface area contributed by atoms with E-state index in [2.05, 4.69) is 4.98 Å². The Morgan fingerprint density at radius 3 is 2.57 bits per heavy atom. The molecule has 2 amide bonds. The lowest BCUT2D eigenvalue weighted by Crippen LogP contribution is -2.43. The molecule has 1 N–H and O–H groups in total. The highest BCUT2D eigenvalue weighted by Gasteiger charge is 2.35. The number of carbonyl (C=O) groups is 2. The third-order valence-electron chi connectivity index (χ3n) is 6.29. The second-order valence-electron chi connectivity index (χ2n) is 8.98. The minimum Gasteiger partial charge on any atom is -0.339 e. The van der Waals surface area contributed by atoms with Gasteiger partial charge < -0.3 is 9.47 Å². The number of aromatic nitrogens is 2. The van der Waals surface area contributed by atoms with E-state index in [4.69, 9.17) is 16.6 Å². The zero-order chi connectivity index (χ0) is 26.7. The number of imidazole rings is 1. The van der Waals surface area contributed by atoms with Crippen LogP contribution in [0.3, 0.4) is 0 Å². The molecule has 2 aromatic carbocycles. The molecule has 37 heavy (non-hydrogen) atoms. The van der Waals surface area contributed by atoms with Crippen molar-refractivity contribution in [2.75, 3.05) is 11.4 Å². The molecule has 1 aromatic heterocycles. The molecular formula is C26H28ClN5O4S. The zero-order valence-corrected chi connectivity index (χ0v) is 22.3. The minimum absolute atomic E-state index is 0.0401. The molecule has 2 heterocycles. The van der Waals surface area contributed by atoms with Crippen LogP contribution in [0.5, 0.6) is 0 Å². The summed E-state index contributed by atoms with van der Waals surface area (Å²) in [7, 11) is -2.50. The van der Waals surface area contributed by atoms with Gasteiger partial charge >= 0.3 is 0 Å². The molecule has 0 bridgehead atoms. The third kappa shape index (κ3) is 5.75. The summed E-state index contributed by atoms with van der Waals surface area (Å²) < 4.78 is 28.5. The van der Waals surface area contributed by atoms with Crippen LogP contribution in [0.4, 0.5) is 5.69 Å². The Morgan fingerprint density at radius 2 is 1.92 bits per heavy atom. The summed E-state index contributed by atoms with van der Waals surface area (Å²) in [6.07, 6.45) is 3.10. The van der Waals surface area contributed by atoms with Crippen molar-refractivity contribution in [2.24, 2.45) is 18.0 Å². The SMILES string of the molecule is CCC(C)[C@@H]1N=C(c2ccccc2)c2cc(Cl)ccc2N(CCC(=O)NS(=O)(=O)c2cn(C)cn2)C1=O. The summed E-state index contributed by atoms with van der Waals surface area (Å²) >= 11 is 6.36. The highest BCUT2D eigenvalue weighted by molar-refractivity contribution is 7.90. The van der Waals surface area contributed by atoms with E-state index in [9.17, 15) is 18.0 Å². The van der Waals surface area contributed by atoms with E-state index in [0.717, 1.165) is 12.0 Å². The first-order valence-corrected chi connectivity index (χ1v) is 13.7. The van der Waals surface area contributed by atoms with E-state index in [1.807, 2.05) is 48.9 Å². The van der Waals surface area contributed by atoms with Gasteiger partial charge in [-0.3, -0.25) is 14.6 Å². The number of benzene rings is 2. The van der Waals surface area contributed by atoms with Crippen molar-refractivity contribution in [1.82, 2.24) is 14.3 Å². The number of rotatable bonds is 8. The second kappa shape index (κ2) is 10.9. The Labute approximate surface area is 221 Å². The van der Waals surface area contributed by atoms with E-state index in [1.54, 1.807) is 25.2 Å². The maximum atomic E-state index is 13.8. The normalized spacial score (nSPS) is 16.5. The molecule has 0 aliphatic carbocycles. The van der Waals surface area contributed by atoms with Crippen LogP contribution in [-0.2, 0) is 26.7 Å². The monoisotopic (exact) mass is 541 g/mol. The predicted molar refractivity (Wildman–Crippen MR) is 142 cm³/mol. The molecule has 1 aliphatic heterocycles. The summed E-state index contributed by atoms with van der Waals surface area (Å²) in [5.74, 6) is -1.08. The first-order chi connectivity index (χ1) is 17.6. The molecular weight excluding hydrogens is 514 g/mol. The fourth-order valence-electron chi connectivity index (χ4n) is 4.12. The molecule has 0 saturated heterocycles. The summed E-state index contributed by atoms with van der Waals surface area (Å²) in [6, 6.07) is 14.0. The molecule has 1 unspecified atom stereocenters. The van der Waals surface area contributed by atoms with Crippen LogP contribution in [0.1, 0.15) is 37.8 Å². The predicted octanol–water partition coefficient (Wildman–Crippen LogP) is 3.57. The van der Waals surface area contributed by atoms with Crippen molar-refractivity contribution in [3.63, 3.8) is 0 Å². The number of aliphatic imine (C=N–C) groups is 1. The maximum absolute atomic E-state index is 13.8. The van der Waals surface area contributed by atoms with Gasteiger partial charge in [-0.2, -0.15) is 8.42 Å². The number of amides is 2. The average Bonchev–Trinajstić information content (AvgIpc) is 3.28. The van der Waals surface area contributed by atoms with Gasteiger partial charge in [-0.25, -0.2) is 9.71 Å². The van der Waals surface area contributed by atoms with Crippen molar-refractivity contribution in [1.29, 1.82) is 0 Å². The van der Waals surface area contributed by atoms with Crippen LogP contribution in [0.25, 0.3) is 0 Å². The summed E-state index contributed by atoms with van der Waals surface area (Å²) in [5, 5.41) is 0.225. The van der Waals surface area contributed by atoms with Gasteiger partial charge in [-0.05, 0) is 24.1 Å². The molecule has 11 heteroatoms. The number of nitrogens with zero attached hydrogens (tertiary/aromatic N) is 4. The molecule has 4 rings (SSSR count). The number of nitrogens with one attached hydrogen (secondary N) is 1. The van der Waals surface area contributed by atoms with Gasteiger partial charge in [0.1, 0.15) is 6.04 Å². The van der Waals surface area contributed by atoms with E-state index in [-0.39, 0.29) is 29.8 Å². The van der Waals surface area contributed by atoms with Crippen LogP contribution < -0.4 is 9.62 Å². The molecule has 0 saturated carbocycles. The summed E-state index contributed by atoms with van der Waals surface area (Å²) in [5.41, 5.74) is 2.71. The van der Waals surface area contributed by atoms with Gasteiger partial charge in [0.05, 0.1) is 17.7 Å². The van der Waals surface area contributed by atoms with Crippen molar-refractivity contribution >= 4 is 44.8 Å². The summed E-state index contributed by atoms with van der Waals surface area (Å²) in [4.78, 5) is 36.7. The lowest BCUT2D eigenvalue weighted by molar-refractivity contribution is -0.121. The Balaban J connectivity index is 1.68. The smallest absolute Gasteiger partial charge is 0.283 e. The molecule has 0 fully saturated rings. The first-order valence-electron chi connectivity index (χ1n) is 11.9. The van der Waals surface area contributed by atoms with Gasteiger partial charge in [0.25, 0.3) is 15.9 Å². The maximum Gasteiger partial charge on any atom is 0.283 e. The summed E-state index contributed by atoms with van der Waals surface area (Å²) in [6.45, 7) is 3.91. The van der Waals surface area contributed by atoms with Crippen LogP contribution in [0, 0.1) is 5.92 Å². The van der Waals surface area contributed by atoms with Crippen LogP contribution in [0.2, 0.25) is 5.02 Å². The largest absolute Gasteiger partial charge is 0.339 e. The standard InChI is InChI=1S/C26H28ClN5O4S/c1-4-17(2)24-26(34)32(13-12-22(33)30-37(35,36)23-15-31(3)16-28-23)21-11-10-19(27)14-20(21)25(29-24)18-8-6-5-7-9-18/h5-11,14-17,24H,4,12-13H2,1-3H3,(H,30,33)/t17?,24-/m0/s1. The Morgan fingerprint density at radius 1 is 1.19 bits per heavy atom. The molecule has 2 atom stereocenters. The van der Waals surface area contributed by atoms with Crippen LogP contribution >= 0.6 is 11.6 Å². The van der Waals surface area contributed by atoms with Crippen molar-refractivity contribution < 1.29 is 18.0 Å². The van der Waals surface area contributed by atoms with Gasteiger partial charge in [0.15, 0.2) is 5.03 Å². The third-order valence-corrected chi connectivity index (χ3v) is 7.78. The van der Waals surface area contributed by atoms with Crippen molar-refractivity contribution in [3.8, 4) is 0 Å². The number of aryl methyl sites for hydroxylation is 1. The second-order valence-corrected chi connectivity index (χ2v) is 11.0. The molecule has 9 nitrogen and oxygen atoms in total.